The van der Waals surface area contributed by atoms with Crippen molar-refractivity contribution in [3.8, 4) is 0 Å². The average molecular weight is 321 g/mol. The Labute approximate surface area is 110 Å². The third-order valence-corrected chi connectivity index (χ3v) is 4.43. The molecule has 0 aromatic heterocycles. The molecule has 1 aromatic carbocycles. The Kier molecular flexibility index (Phi) is 3.56. The molecule has 1 aliphatic heterocycles. The first-order valence-corrected chi connectivity index (χ1v) is 6.62. The number of aliphatic imine (C=N–C) groups is 1. The summed E-state index contributed by atoms with van der Waals surface area (Å²) in [6.45, 7) is 0. The molecule has 0 aliphatic carbocycles. The van der Waals surface area contributed by atoms with Gasteiger partial charge < -0.3 is 5.11 Å². The molecule has 1 N–H and O–H groups in total. The van der Waals surface area contributed by atoms with Gasteiger partial charge in [-0.25, -0.2) is 4.79 Å². The zero-order valence-electron chi connectivity index (χ0n) is 7.98. The molecule has 1 atom stereocenters. The summed E-state index contributed by atoms with van der Waals surface area (Å²) in [6, 6.07) is 4.84. The van der Waals surface area contributed by atoms with Crippen LogP contribution in [0.4, 0.5) is 0 Å². The molecule has 16 heavy (non-hydrogen) atoms. The summed E-state index contributed by atoms with van der Waals surface area (Å²) >= 11 is 10.7. The number of nitrogens with zero attached hydrogens (tertiary/aromatic N) is 1. The summed E-state index contributed by atoms with van der Waals surface area (Å²) in [6.07, 6.45) is 0. The largest absolute Gasteiger partial charge is 0.480 e. The van der Waals surface area contributed by atoms with E-state index in [9.17, 15) is 4.79 Å². The lowest BCUT2D eigenvalue weighted by atomic mass is 10.2. The van der Waals surface area contributed by atoms with Crippen molar-refractivity contribution in [2.45, 2.75) is 6.04 Å². The Morgan fingerprint density at radius 1 is 1.62 bits per heavy atom. The molecule has 2 rings (SSSR count). The van der Waals surface area contributed by atoms with Gasteiger partial charge in [-0.05, 0) is 28.1 Å². The third-order valence-electron chi connectivity index (χ3n) is 2.10. The SMILES string of the molecule is O=C(O)C1CSC(c2ccc(Br)c(Cl)c2)=N1. The van der Waals surface area contributed by atoms with E-state index in [1.54, 1.807) is 6.07 Å². The first-order valence-electron chi connectivity index (χ1n) is 4.47. The van der Waals surface area contributed by atoms with Crippen LogP contribution in [0.1, 0.15) is 5.56 Å². The fraction of sp³-hybridized carbons (Fsp3) is 0.200. The normalized spacial score (nSPS) is 19.6. The maximum absolute atomic E-state index is 10.7. The molecular formula is C10H7BrClNO2S. The summed E-state index contributed by atoms with van der Waals surface area (Å²) in [7, 11) is 0. The van der Waals surface area contributed by atoms with Gasteiger partial charge in [-0.2, -0.15) is 0 Å². The van der Waals surface area contributed by atoms with Gasteiger partial charge in [0.2, 0.25) is 0 Å². The number of carboxylic acid groups (broad SMARTS) is 1. The Morgan fingerprint density at radius 2 is 2.38 bits per heavy atom. The van der Waals surface area contributed by atoms with Gasteiger partial charge in [-0.1, -0.05) is 17.7 Å². The maximum Gasteiger partial charge on any atom is 0.329 e. The fourth-order valence-corrected chi connectivity index (χ4v) is 2.74. The second kappa shape index (κ2) is 4.77. The fourth-order valence-electron chi connectivity index (χ4n) is 1.29. The van der Waals surface area contributed by atoms with Crippen molar-refractivity contribution in [1.82, 2.24) is 0 Å². The molecular weight excluding hydrogens is 314 g/mol. The van der Waals surface area contributed by atoms with Crippen molar-refractivity contribution >= 4 is 50.3 Å². The van der Waals surface area contributed by atoms with E-state index in [4.69, 9.17) is 16.7 Å². The highest BCUT2D eigenvalue weighted by atomic mass is 79.9. The van der Waals surface area contributed by atoms with Crippen LogP contribution in [0, 0.1) is 0 Å². The molecule has 0 saturated carbocycles. The van der Waals surface area contributed by atoms with E-state index in [0.717, 1.165) is 15.1 Å². The summed E-state index contributed by atoms with van der Waals surface area (Å²) in [4.78, 5) is 14.9. The van der Waals surface area contributed by atoms with E-state index >= 15 is 0 Å². The number of halogens is 2. The summed E-state index contributed by atoms with van der Waals surface area (Å²) in [5.41, 5.74) is 0.863. The lowest BCUT2D eigenvalue weighted by molar-refractivity contribution is -0.137. The number of hydrogen-bond acceptors (Lipinski definition) is 3. The van der Waals surface area contributed by atoms with Crippen LogP contribution in [0.5, 0.6) is 0 Å². The molecule has 0 fully saturated rings. The zero-order chi connectivity index (χ0) is 11.7. The highest BCUT2D eigenvalue weighted by molar-refractivity contribution is 9.10. The number of rotatable bonds is 2. The zero-order valence-corrected chi connectivity index (χ0v) is 11.1. The number of thioether (sulfide) groups is 1. The van der Waals surface area contributed by atoms with Gasteiger partial charge in [0, 0.05) is 15.8 Å². The first-order chi connectivity index (χ1) is 7.58. The third kappa shape index (κ3) is 2.42. The quantitative estimate of drug-likeness (QED) is 0.911. The van der Waals surface area contributed by atoms with E-state index < -0.39 is 12.0 Å². The van der Waals surface area contributed by atoms with Gasteiger partial charge in [0.15, 0.2) is 6.04 Å². The van der Waals surface area contributed by atoms with E-state index in [0.29, 0.717) is 10.8 Å². The van der Waals surface area contributed by atoms with Crippen molar-refractivity contribution in [3.63, 3.8) is 0 Å². The van der Waals surface area contributed by atoms with E-state index in [1.165, 1.54) is 11.8 Å². The van der Waals surface area contributed by atoms with Crippen LogP contribution in [-0.4, -0.2) is 27.9 Å². The van der Waals surface area contributed by atoms with Crippen molar-refractivity contribution in [2.75, 3.05) is 5.75 Å². The lowest BCUT2D eigenvalue weighted by Gasteiger charge is -2.01. The topological polar surface area (TPSA) is 49.7 Å². The van der Waals surface area contributed by atoms with Gasteiger partial charge >= 0.3 is 5.97 Å². The predicted molar refractivity (Wildman–Crippen MR) is 69.6 cm³/mol. The second-order valence-electron chi connectivity index (χ2n) is 3.23. The standard InChI is InChI=1S/C10H7BrClNO2S/c11-6-2-1-5(3-7(6)12)9-13-8(4-16-9)10(14)15/h1-3,8H,4H2,(H,14,15). The molecule has 84 valence electrons. The molecule has 6 heteroatoms. The van der Waals surface area contributed by atoms with Gasteiger partial charge in [0.1, 0.15) is 0 Å². The van der Waals surface area contributed by atoms with Crippen LogP contribution >= 0.6 is 39.3 Å². The number of carboxylic acids is 1. The molecule has 1 heterocycles. The number of hydrogen-bond donors (Lipinski definition) is 1. The van der Waals surface area contributed by atoms with Crippen molar-refractivity contribution in [3.05, 3.63) is 33.3 Å². The minimum atomic E-state index is -0.884. The summed E-state index contributed by atoms with van der Waals surface area (Å²) in [5.74, 6) is -0.399. The van der Waals surface area contributed by atoms with E-state index in [1.807, 2.05) is 12.1 Å². The van der Waals surface area contributed by atoms with E-state index in [-0.39, 0.29) is 0 Å². The van der Waals surface area contributed by atoms with Crippen LogP contribution in [0.2, 0.25) is 5.02 Å². The van der Waals surface area contributed by atoms with Crippen LogP contribution in [0.3, 0.4) is 0 Å². The Balaban J connectivity index is 2.29. The van der Waals surface area contributed by atoms with Crippen LogP contribution in [0.15, 0.2) is 27.7 Å². The summed E-state index contributed by atoms with van der Waals surface area (Å²) < 4.78 is 0.816. The van der Waals surface area contributed by atoms with Crippen LogP contribution in [-0.2, 0) is 4.79 Å². The van der Waals surface area contributed by atoms with Gasteiger partial charge in [0.05, 0.1) is 10.1 Å². The van der Waals surface area contributed by atoms with Crippen molar-refractivity contribution < 1.29 is 9.90 Å². The maximum atomic E-state index is 10.7. The molecule has 0 spiro atoms. The molecule has 0 bridgehead atoms. The number of aliphatic carboxylic acids is 1. The predicted octanol–water partition coefficient (Wildman–Crippen LogP) is 3.05. The highest BCUT2D eigenvalue weighted by Gasteiger charge is 2.25. The lowest BCUT2D eigenvalue weighted by Crippen LogP contribution is -2.17. The molecule has 0 radical (unpaired) electrons. The summed E-state index contributed by atoms with van der Waals surface area (Å²) in [5, 5.41) is 10.2. The van der Waals surface area contributed by atoms with Gasteiger partial charge in [0.25, 0.3) is 0 Å². The van der Waals surface area contributed by atoms with Crippen LogP contribution < -0.4 is 0 Å². The van der Waals surface area contributed by atoms with Gasteiger partial charge in [-0.15, -0.1) is 11.8 Å². The minimum Gasteiger partial charge on any atom is -0.480 e. The average Bonchev–Trinajstić information content (AvgIpc) is 2.71. The first kappa shape index (κ1) is 12.0. The molecule has 1 aliphatic rings. The molecule has 0 amide bonds. The minimum absolute atomic E-state index is 0.484. The van der Waals surface area contributed by atoms with Crippen LogP contribution in [0.25, 0.3) is 0 Å². The Bertz CT molecular complexity index is 478. The molecule has 0 saturated heterocycles. The van der Waals surface area contributed by atoms with E-state index in [2.05, 4.69) is 20.9 Å². The van der Waals surface area contributed by atoms with Gasteiger partial charge in [-0.3, -0.25) is 4.99 Å². The Hall–Kier alpha value is -0.520. The molecule has 3 nitrogen and oxygen atoms in total. The highest BCUT2D eigenvalue weighted by Crippen LogP contribution is 2.28. The van der Waals surface area contributed by atoms with Crippen molar-refractivity contribution in [1.29, 1.82) is 0 Å². The molecule has 1 unspecified atom stereocenters. The number of benzene rings is 1. The molecule has 1 aromatic rings. The number of carbonyl (C=O) groups is 1. The smallest absolute Gasteiger partial charge is 0.329 e. The monoisotopic (exact) mass is 319 g/mol. The second-order valence-corrected chi connectivity index (χ2v) is 5.50. The van der Waals surface area contributed by atoms with Crippen molar-refractivity contribution in [2.24, 2.45) is 4.99 Å². The Morgan fingerprint density at radius 3 is 2.94 bits per heavy atom.